The van der Waals surface area contributed by atoms with Gasteiger partial charge in [-0.3, -0.25) is 0 Å². The molecule has 1 N–H and O–H groups in total. The van der Waals surface area contributed by atoms with Crippen LogP contribution in [0, 0.1) is 11.8 Å². The predicted molar refractivity (Wildman–Crippen MR) is 50.9 cm³/mol. The molecule has 0 unspecified atom stereocenters. The quantitative estimate of drug-likeness (QED) is 0.638. The molecule has 12 heavy (non-hydrogen) atoms. The number of aliphatic hydroxyl groups excluding tert-OH is 1. The maximum atomic E-state index is 8.95. The molecule has 0 aliphatic heterocycles. The maximum Gasteiger partial charge on any atom is 0.0551 e. The summed E-state index contributed by atoms with van der Waals surface area (Å²) < 4.78 is 5.22. The maximum absolute atomic E-state index is 8.95. The van der Waals surface area contributed by atoms with Crippen LogP contribution in [0.1, 0.15) is 33.6 Å². The molecule has 73 valence electrons. The van der Waals surface area contributed by atoms with Gasteiger partial charge in [0.25, 0.3) is 0 Å². The van der Waals surface area contributed by atoms with Gasteiger partial charge in [-0.25, -0.2) is 0 Å². The molecule has 0 saturated heterocycles. The first-order valence-corrected chi connectivity index (χ1v) is 4.72. The van der Waals surface area contributed by atoms with Crippen LogP contribution in [-0.4, -0.2) is 24.9 Å². The summed E-state index contributed by atoms with van der Waals surface area (Å²) in [6.45, 7) is 7.88. The van der Waals surface area contributed by atoms with Crippen molar-refractivity contribution in [1.29, 1.82) is 0 Å². The van der Waals surface area contributed by atoms with Crippen LogP contribution in [0.25, 0.3) is 0 Å². The van der Waals surface area contributed by atoms with Crippen molar-refractivity contribution < 1.29 is 9.84 Å². The van der Waals surface area contributed by atoms with Crippen LogP contribution in [0.3, 0.4) is 0 Å². The molecule has 0 aromatic heterocycles. The normalized spacial score (nSPS) is 11.5. The van der Waals surface area contributed by atoms with E-state index in [1.807, 2.05) is 6.92 Å². The topological polar surface area (TPSA) is 29.5 Å². The molecule has 0 rings (SSSR count). The second kappa shape index (κ2) is 7.56. The highest BCUT2D eigenvalue weighted by Crippen LogP contribution is 2.13. The van der Waals surface area contributed by atoms with E-state index in [0.717, 1.165) is 25.4 Å². The highest BCUT2D eigenvalue weighted by molar-refractivity contribution is 4.88. The van der Waals surface area contributed by atoms with Gasteiger partial charge in [0.1, 0.15) is 0 Å². The summed E-state index contributed by atoms with van der Waals surface area (Å²) in [6, 6.07) is 0. The van der Waals surface area contributed by atoms with Gasteiger partial charge < -0.3 is 9.84 Å². The summed E-state index contributed by atoms with van der Waals surface area (Å²) in [4.78, 5) is 0. The van der Waals surface area contributed by atoms with Gasteiger partial charge in [-0.15, -0.1) is 0 Å². The minimum atomic E-state index is 0.173. The Morgan fingerprint density at radius 2 is 2.08 bits per heavy atom. The van der Waals surface area contributed by atoms with Crippen molar-refractivity contribution in [2.75, 3.05) is 19.8 Å². The van der Waals surface area contributed by atoms with Gasteiger partial charge in [0.15, 0.2) is 0 Å². The van der Waals surface area contributed by atoms with E-state index in [1.165, 1.54) is 0 Å². The summed E-state index contributed by atoms with van der Waals surface area (Å²) in [5.41, 5.74) is 0. The lowest BCUT2D eigenvalue weighted by atomic mass is 9.99. The molecule has 0 bridgehead atoms. The second-order valence-electron chi connectivity index (χ2n) is 3.48. The second-order valence-corrected chi connectivity index (χ2v) is 3.48. The van der Waals surface area contributed by atoms with E-state index in [2.05, 4.69) is 13.8 Å². The Labute approximate surface area is 75.9 Å². The number of aliphatic hydroxyl groups is 1. The van der Waals surface area contributed by atoms with Crippen molar-refractivity contribution in [2.45, 2.75) is 33.6 Å². The van der Waals surface area contributed by atoms with Crippen molar-refractivity contribution in [3.63, 3.8) is 0 Å². The lowest BCUT2D eigenvalue weighted by Gasteiger charge is -2.14. The molecule has 1 radical (unpaired) electrons. The summed E-state index contributed by atoms with van der Waals surface area (Å²) in [6.07, 6.45) is 2.14. The van der Waals surface area contributed by atoms with E-state index in [9.17, 15) is 0 Å². The summed E-state index contributed by atoms with van der Waals surface area (Å²) >= 11 is 0. The zero-order valence-electron chi connectivity index (χ0n) is 8.47. The molecule has 0 fully saturated rings. The van der Waals surface area contributed by atoms with E-state index in [0.29, 0.717) is 12.5 Å². The van der Waals surface area contributed by atoms with Crippen LogP contribution < -0.4 is 0 Å². The van der Waals surface area contributed by atoms with E-state index in [1.54, 1.807) is 0 Å². The molecule has 0 heterocycles. The van der Waals surface area contributed by atoms with Crippen LogP contribution in [0.5, 0.6) is 0 Å². The minimum absolute atomic E-state index is 0.173. The zero-order valence-corrected chi connectivity index (χ0v) is 8.47. The van der Waals surface area contributed by atoms with Crippen LogP contribution in [0.4, 0.5) is 0 Å². The van der Waals surface area contributed by atoms with Gasteiger partial charge in [0.05, 0.1) is 13.2 Å². The molecule has 2 heteroatoms. The summed E-state index contributed by atoms with van der Waals surface area (Å²) in [5.74, 6) is 1.82. The van der Waals surface area contributed by atoms with Gasteiger partial charge in [0, 0.05) is 12.5 Å². The average Bonchev–Trinajstić information content (AvgIpc) is 2.05. The standard InChI is InChI=1S/C10H21O2/c1-4-12-8-10(7-11)6-5-9(2)3/h9,11H,4-8H2,1-3H3. The van der Waals surface area contributed by atoms with Crippen molar-refractivity contribution >= 4 is 0 Å². The predicted octanol–water partition coefficient (Wildman–Crippen LogP) is 2.03. The third kappa shape index (κ3) is 6.62. The fourth-order valence-corrected chi connectivity index (χ4v) is 0.936. The van der Waals surface area contributed by atoms with Crippen LogP contribution in [0.15, 0.2) is 0 Å². The molecule has 0 aromatic carbocycles. The molecule has 0 spiro atoms. The molecular weight excluding hydrogens is 152 g/mol. The number of hydrogen-bond acceptors (Lipinski definition) is 2. The summed E-state index contributed by atoms with van der Waals surface area (Å²) in [7, 11) is 0. The molecule has 0 aromatic rings. The number of ether oxygens (including phenoxy) is 1. The fraction of sp³-hybridized carbons (Fsp3) is 0.900. The van der Waals surface area contributed by atoms with Crippen LogP contribution in [-0.2, 0) is 4.74 Å². The highest BCUT2D eigenvalue weighted by atomic mass is 16.5. The number of rotatable bonds is 7. The molecule has 0 aliphatic carbocycles. The van der Waals surface area contributed by atoms with Gasteiger partial charge in [0.2, 0.25) is 0 Å². The zero-order chi connectivity index (χ0) is 9.40. The van der Waals surface area contributed by atoms with Crippen molar-refractivity contribution in [3.8, 4) is 0 Å². The Morgan fingerprint density at radius 3 is 2.50 bits per heavy atom. The Hall–Kier alpha value is -0.0800. The van der Waals surface area contributed by atoms with E-state index in [-0.39, 0.29) is 6.61 Å². The van der Waals surface area contributed by atoms with E-state index < -0.39 is 0 Å². The van der Waals surface area contributed by atoms with Crippen LogP contribution in [0.2, 0.25) is 0 Å². The molecule has 0 amide bonds. The first kappa shape index (κ1) is 11.9. The largest absolute Gasteiger partial charge is 0.396 e. The first-order valence-electron chi connectivity index (χ1n) is 4.72. The molecular formula is C10H21O2. The van der Waals surface area contributed by atoms with Crippen molar-refractivity contribution in [3.05, 3.63) is 5.92 Å². The smallest absolute Gasteiger partial charge is 0.0551 e. The molecule has 0 saturated carbocycles. The Bertz CT molecular complexity index is 91.8. The summed E-state index contributed by atoms with van der Waals surface area (Å²) in [5, 5.41) is 8.95. The lowest BCUT2D eigenvalue weighted by Crippen LogP contribution is -2.12. The molecule has 2 nitrogen and oxygen atoms in total. The Kier molecular flexibility index (Phi) is 7.51. The van der Waals surface area contributed by atoms with E-state index in [4.69, 9.17) is 9.84 Å². The lowest BCUT2D eigenvalue weighted by molar-refractivity contribution is 0.136. The SMILES string of the molecule is CCOC[C](CO)CCC(C)C. The van der Waals surface area contributed by atoms with Gasteiger partial charge >= 0.3 is 0 Å². The van der Waals surface area contributed by atoms with Crippen molar-refractivity contribution in [2.24, 2.45) is 5.92 Å². The Balaban J connectivity index is 3.39. The molecule has 0 aliphatic rings. The third-order valence-corrected chi connectivity index (χ3v) is 1.81. The van der Waals surface area contributed by atoms with Gasteiger partial charge in [-0.1, -0.05) is 20.3 Å². The third-order valence-electron chi connectivity index (χ3n) is 1.81. The average molecular weight is 173 g/mol. The van der Waals surface area contributed by atoms with Crippen molar-refractivity contribution in [1.82, 2.24) is 0 Å². The minimum Gasteiger partial charge on any atom is -0.396 e. The van der Waals surface area contributed by atoms with Crippen LogP contribution >= 0.6 is 0 Å². The fourth-order valence-electron chi connectivity index (χ4n) is 0.936. The monoisotopic (exact) mass is 173 g/mol. The van der Waals surface area contributed by atoms with Gasteiger partial charge in [-0.2, -0.15) is 0 Å². The van der Waals surface area contributed by atoms with Gasteiger partial charge in [-0.05, 0) is 19.3 Å². The number of hydrogen-bond donors (Lipinski definition) is 1. The van der Waals surface area contributed by atoms with E-state index >= 15 is 0 Å². The molecule has 0 atom stereocenters. The first-order chi connectivity index (χ1) is 5.70. The highest BCUT2D eigenvalue weighted by Gasteiger charge is 2.08. The Morgan fingerprint density at radius 1 is 1.42 bits per heavy atom.